The van der Waals surface area contributed by atoms with Crippen LogP contribution >= 0.6 is 11.3 Å². The zero-order valence-electron chi connectivity index (χ0n) is 10.4. The van der Waals surface area contributed by atoms with Crippen LogP contribution in [0.5, 0.6) is 0 Å². The van der Waals surface area contributed by atoms with Gasteiger partial charge < -0.3 is 9.80 Å². The molecule has 0 aromatic carbocycles. The maximum absolute atomic E-state index is 4.49. The van der Waals surface area contributed by atoms with Gasteiger partial charge in [-0.2, -0.15) is 0 Å². The van der Waals surface area contributed by atoms with Gasteiger partial charge in [-0.1, -0.05) is 6.07 Å². The zero-order chi connectivity index (χ0) is 12.4. The molecule has 0 aliphatic carbocycles. The van der Waals surface area contributed by atoms with E-state index < -0.39 is 0 Å². The summed E-state index contributed by atoms with van der Waals surface area (Å²) in [6.07, 6.45) is 3.85. The normalized spacial score (nSPS) is 17.1. The minimum absolute atomic E-state index is 0.850. The highest BCUT2D eigenvalue weighted by Gasteiger charge is 2.16. The van der Waals surface area contributed by atoms with Crippen LogP contribution in [0.2, 0.25) is 0 Å². The first-order valence-corrected chi connectivity index (χ1v) is 7.00. The van der Waals surface area contributed by atoms with Gasteiger partial charge >= 0.3 is 0 Å². The highest BCUT2D eigenvalue weighted by molar-refractivity contribution is 7.13. The molecule has 2 aromatic rings. The van der Waals surface area contributed by atoms with Gasteiger partial charge in [0.25, 0.3) is 0 Å². The molecule has 1 aliphatic rings. The van der Waals surface area contributed by atoms with Crippen LogP contribution in [0.25, 0.3) is 10.4 Å². The fraction of sp³-hybridized carbons (Fsp3) is 0.385. The second-order valence-corrected chi connectivity index (χ2v) is 5.49. The van der Waals surface area contributed by atoms with Gasteiger partial charge in [-0.25, -0.2) is 9.97 Å². The molecule has 5 heteroatoms. The maximum atomic E-state index is 4.49. The molecule has 1 aliphatic heterocycles. The van der Waals surface area contributed by atoms with Crippen molar-refractivity contribution in [2.75, 3.05) is 38.1 Å². The van der Waals surface area contributed by atoms with Crippen molar-refractivity contribution in [2.45, 2.75) is 0 Å². The van der Waals surface area contributed by atoms with Gasteiger partial charge in [0.2, 0.25) is 5.95 Å². The minimum atomic E-state index is 0.850. The van der Waals surface area contributed by atoms with Crippen LogP contribution < -0.4 is 4.90 Å². The Morgan fingerprint density at radius 2 is 1.83 bits per heavy atom. The smallest absolute Gasteiger partial charge is 0.225 e. The molecule has 0 bridgehead atoms. The third kappa shape index (κ3) is 2.37. The summed E-state index contributed by atoms with van der Waals surface area (Å²) in [7, 11) is 2.15. The van der Waals surface area contributed by atoms with Gasteiger partial charge in [0.15, 0.2) is 0 Å². The van der Waals surface area contributed by atoms with E-state index in [1.54, 1.807) is 11.3 Å². The second kappa shape index (κ2) is 5.04. The van der Waals surface area contributed by atoms with E-state index in [9.17, 15) is 0 Å². The number of likely N-dealkylation sites (N-methyl/N-ethyl adjacent to an activating group) is 1. The monoisotopic (exact) mass is 260 g/mol. The Kier molecular flexibility index (Phi) is 3.25. The molecule has 3 rings (SSSR count). The molecule has 94 valence electrons. The topological polar surface area (TPSA) is 32.3 Å². The van der Waals surface area contributed by atoms with Crippen molar-refractivity contribution >= 4 is 17.3 Å². The van der Waals surface area contributed by atoms with E-state index in [2.05, 4.69) is 38.3 Å². The molecule has 0 spiro atoms. The van der Waals surface area contributed by atoms with Crippen molar-refractivity contribution in [3.63, 3.8) is 0 Å². The molecular formula is C13H16N4S. The standard InChI is InChI=1S/C13H16N4S/c1-16-4-6-17(7-5-16)13-14-9-11(10-15-13)12-3-2-8-18-12/h2-3,8-10H,4-7H2,1H3. The van der Waals surface area contributed by atoms with Crippen LogP contribution in [0, 0.1) is 0 Å². The van der Waals surface area contributed by atoms with Crippen LogP contribution in [-0.4, -0.2) is 48.1 Å². The van der Waals surface area contributed by atoms with Crippen LogP contribution in [-0.2, 0) is 0 Å². The number of thiophene rings is 1. The number of hydrogen-bond donors (Lipinski definition) is 0. The fourth-order valence-corrected chi connectivity index (χ4v) is 2.76. The average molecular weight is 260 g/mol. The summed E-state index contributed by atoms with van der Waals surface area (Å²) in [5.74, 6) is 0.850. The average Bonchev–Trinajstić information content (AvgIpc) is 2.94. The number of nitrogens with zero attached hydrogens (tertiary/aromatic N) is 4. The summed E-state index contributed by atoms with van der Waals surface area (Å²) >= 11 is 1.72. The molecule has 3 heterocycles. The maximum Gasteiger partial charge on any atom is 0.225 e. The molecule has 0 amide bonds. The minimum Gasteiger partial charge on any atom is -0.338 e. The molecule has 0 saturated carbocycles. The largest absolute Gasteiger partial charge is 0.338 e. The van der Waals surface area contributed by atoms with Crippen LogP contribution in [0.1, 0.15) is 0 Å². The van der Waals surface area contributed by atoms with Gasteiger partial charge in [0.1, 0.15) is 0 Å². The summed E-state index contributed by atoms with van der Waals surface area (Å²) in [6, 6.07) is 4.15. The van der Waals surface area contributed by atoms with E-state index in [1.165, 1.54) is 4.88 Å². The van der Waals surface area contributed by atoms with Gasteiger partial charge in [-0.3, -0.25) is 0 Å². The SMILES string of the molecule is CN1CCN(c2ncc(-c3cccs3)cn2)CC1. The summed E-state index contributed by atoms with van der Waals surface area (Å²) in [5, 5.41) is 2.07. The summed E-state index contributed by atoms with van der Waals surface area (Å²) in [6.45, 7) is 4.18. The number of piperazine rings is 1. The van der Waals surface area contributed by atoms with Crippen LogP contribution in [0.4, 0.5) is 5.95 Å². The molecule has 0 atom stereocenters. The molecule has 4 nitrogen and oxygen atoms in total. The first-order chi connectivity index (χ1) is 8.83. The molecule has 0 unspecified atom stereocenters. The number of aromatic nitrogens is 2. The number of hydrogen-bond acceptors (Lipinski definition) is 5. The summed E-state index contributed by atoms with van der Waals surface area (Å²) < 4.78 is 0. The van der Waals surface area contributed by atoms with Gasteiger partial charge in [-0.15, -0.1) is 11.3 Å². The molecule has 2 aromatic heterocycles. The Balaban J connectivity index is 1.75. The Morgan fingerprint density at radius 3 is 2.44 bits per heavy atom. The summed E-state index contributed by atoms with van der Waals surface area (Å²) in [5.41, 5.74) is 1.10. The lowest BCUT2D eigenvalue weighted by Crippen LogP contribution is -2.45. The zero-order valence-corrected chi connectivity index (χ0v) is 11.2. The second-order valence-electron chi connectivity index (χ2n) is 4.54. The Bertz CT molecular complexity index is 486. The Labute approximate surface area is 111 Å². The highest BCUT2D eigenvalue weighted by atomic mass is 32.1. The highest BCUT2D eigenvalue weighted by Crippen LogP contribution is 2.23. The number of anilines is 1. The molecule has 1 fully saturated rings. The Hall–Kier alpha value is -1.46. The van der Waals surface area contributed by atoms with Crippen molar-refractivity contribution in [1.29, 1.82) is 0 Å². The third-order valence-corrected chi connectivity index (χ3v) is 4.15. The molecular weight excluding hydrogens is 244 g/mol. The fourth-order valence-electron chi connectivity index (χ4n) is 2.06. The van der Waals surface area contributed by atoms with E-state index in [1.807, 2.05) is 18.5 Å². The third-order valence-electron chi connectivity index (χ3n) is 3.23. The first-order valence-electron chi connectivity index (χ1n) is 6.12. The quantitative estimate of drug-likeness (QED) is 0.826. The van der Waals surface area contributed by atoms with Gasteiger partial charge in [-0.05, 0) is 18.5 Å². The molecule has 0 radical (unpaired) electrons. The van der Waals surface area contributed by atoms with E-state index >= 15 is 0 Å². The van der Waals surface area contributed by atoms with E-state index in [4.69, 9.17) is 0 Å². The summed E-state index contributed by atoms with van der Waals surface area (Å²) in [4.78, 5) is 14.8. The van der Waals surface area contributed by atoms with Crippen LogP contribution in [0.3, 0.4) is 0 Å². The van der Waals surface area contributed by atoms with Crippen molar-refractivity contribution in [3.8, 4) is 10.4 Å². The predicted octanol–water partition coefficient (Wildman–Crippen LogP) is 1.96. The van der Waals surface area contributed by atoms with E-state index in [-0.39, 0.29) is 0 Å². The Morgan fingerprint density at radius 1 is 1.11 bits per heavy atom. The first kappa shape index (κ1) is 11.6. The molecule has 18 heavy (non-hydrogen) atoms. The lowest BCUT2D eigenvalue weighted by molar-refractivity contribution is 0.311. The van der Waals surface area contributed by atoms with Crippen molar-refractivity contribution < 1.29 is 0 Å². The van der Waals surface area contributed by atoms with Crippen molar-refractivity contribution in [2.24, 2.45) is 0 Å². The molecule has 1 saturated heterocycles. The predicted molar refractivity (Wildman–Crippen MR) is 75.1 cm³/mol. The van der Waals surface area contributed by atoms with Gasteiger partial charge in [0.05, 0.1) is 0 Å². The van der Waals surface area contributed by atoms with Crippen LogP contribution in [0.15, 0.2) is 29.9 Å². The van der Waals surface area contributed by atoms with Crippen molar-refractivity contribution in [1.82, 2.24) is 14.9 Å². The lowest BCUT2D eigenvalue weighted by atomic mass is 10.3. The molecule has 0 N–H and O–H groups in total. The van der Waals surface area contributed by atoms with E-state index in [0.29, 0.717) is 0 Å². The lowest BCUT2D eigenvalue weighted by Gasteiger charge is -2.32. The van der Waals surface area contributed by atoms with Gasteiger partial charge in [0, 0.05) is 49.0 Å². The van der Waals surface area contributed by atoms with E-state index in [0.717, 1.165) is 37.7 Å². The van der Waals surface area contributed by atoms with Crippen molar-refractivity contribution in [3.05, 3.63) is 29.9 Å². The number of rotatable bonds is 2.